The van der Waals surface area contributed by atoms with E-state index in [1.807, 2.05) is 29.2 Å². The summed E-state index contributed by atoms with van der Waals surface area (Å²) in [6, 6.07) is 7.69. The quantitative estimate of drug-likeness (QED) is 0.852. The van der Waals surface area contributed by atoms with Crippen molar-refractivity contribution in [3.05, 3.63) is 29.8 Å². The summed E-state index contributed by atoms with van der Waals surface area (Å²) in [6.07, 6.45) is 3.40. The third-order valence-corrected chi connectivity index (χ3v) is 5.05. The normalized spacial score (nSPS) is 23.2. The zero-order valence-electron chi connectivity index (χ0n) is 13.9. The van der Waals surface area contributed by atoms with Gasteiger partial charge in [0.2, 0.25) is 5.91 Å². The van der Waals surface area contributed by atoms with Crippen molar-refractivity contribution in [1.29, 1.82) is 0 Å². The molecule has 0 unspecified atom stereocenters. The molecule has 0 N–H and O–H groups in total. The van der Waals surface area contributed by atoms with Gasteiger partial charge >= 0.3 is 0 Å². The Morgan fingerprint density at radius 1 is 1.26 bits per heavy atom. The third kappa shape index (κ3) is 3.67. The number of ether oxygens (including phenoxy) is 3. The van der Waals surface area contributed by atoms with E-state index < -0.39 is 0 Å². The van der Waals surface area contributed by atoms with Crippen LogP contribution in [-0.2, 0) is 20.7 Å². The van der Waals surface area contributed by atoms with Gasteiger partial charge in [-0.05, 0) is 30.5 Å². The maximum absolute atomic E-state index is 12.5. The number of nitrogens with zero attached hydrogens (tertiary/aromatic N) is 1. The van der Waals surface area contributed by atoms with E-state index in [0.717, 1.165) is 43.7 Å². The van der Waals surface area contributed by atoms with Gasteiger partial charge < -0.3 is 19.1 Å². The number of rotatable bonds is 4. The lowest BCUT2D eigenvalue weighted by Crippen LogP contribution is -2.47. The molecular weight excluding hydrogens is 294 g/mol. The number of methoxy groups -OCH3 is 2. The van der Waals surface area contributed by atoms with Crippen LogP contribution in [0.3, 0.4) is 0 Å². The largest absolute Gasteiger partial charge is 0.497 e. The first-order valence-electron chi connectivity index (χ1n) is 8.21. The Kier molecular flexibility index (Phi) is 4.87. The predicted octanol–water partition coefficient (Wildman–Crippen LogP) is 2.03. The standard InChI is InChI=1S/C18H25NO4/c1-21-15-5-3-14(4-6-15)11-17(20)19-9-7-18(8-10-19)12-16(22-2)13-23-18/h3-6,16H,7-13H2,1-2H3/t16-/m1/s1. The van der Waals surface area contributed by atoms with E-state index in [0.29, 0.717) is 13.0 Å². The average Bonchev–Trinajstić information content (AvgIpc) is 2.99. The molecule has 1 amide bonds. The van der Waals surface area contributed by atoms with Crippen LogP contribution in [0.1, 0.15) is 24.8 Å². The van der Waals surface area contributed by atoms with E-state index in [4.69, 9.17) is 14.2 Å². The summed E-state index contributed by atoms with van der Waals surface area (Å²) in [5.41, 5.74) is 0.949. The first kappa shape index (κ1) is 16.3. The van der Waals surface area contributed by atoms with Crippen molar-refractivity contribution >= 4 is 5.91 Å². The average molecular weight is 319 g/mol. The summed E-state index contributed by atoms with van der Waals surface area (Å²) in [5.74, 6) is 0.999. The van der Waals surface area contributed by atoms with Crippen molar-refractivity contribution in [3.8, 4) is 5.75 Å². The summed E-state index contributed by atoms with van der Waals surface area (Å²) < 4.78 is 16.5. The van der Waals surface area contributed by atoms with Gasteiger partial charge in [0, 0.05) is 26.6 Å². The van der Waals surface area contributed by atoms with Crippen LogP contribution in [0.4, 0.5) is 0 Å². The second-order valence-electron chi connectivity index (χ2n) is 6.46. The van der Waals surface area contributed by atoms with Crippen LogP contribution in [0.15, 0.2) is 24.3 Å². The fourth-order valence-electron chi connectivity index (χ4n) is 3.50. The molecule has 5 heteroatoms. The van der Waals surface area contributed by atoms with Gasteiger partial charge in [-0.2, -0.15) is 0 Å². The highest BCUT2D eigenvalue weighted by Crippen LogP contribution is 2.36. The Labute approximate surface area is 137 Å². The number of hydrogen-bond acceptors (Lipinski definition) is 4. The molecule has 2 fully saturated rings. The molecular formula is C18H25NO4. The number of benzene rings is 1. The molecule has 5 nitrogen and oxygen atoms in total. The zero-order valence-corrected chi connectivity index (χ0v) is 13.9. The van der Waals surface area contributed by atoms with Crippen LogP contribution in [0.2, 0.25) is 0 Å². The Morgan fingerprint density at radius 2 is 1.96 bits per heavy atom. The molecule has 0 aliphatic carbocycles. The second-order valence-corrected chi connectivity index (χ2v) is 6.46. The van der Waals surface area contributed by atoms with Gasteiger partial charge in [-0.1, -0.05) is 12.1 Å². The molecule has 1 atom stereocenters. The molecule has 0 radical (unpaired) electrons. The molecule has 2 heterocycles. The molecule has 1 spiro atoms. The molecule has 126 valence electrons. The predicted molar refractivity (Wildman–Crippen MR) is 86.6 cm³/mol. The fraction of sp³-hybridized carbons (Fsp3) is 0.611. The van der Waals surface area contributed by atoms with Crippen molar-refractivity contribution in [2.24, 2.45) is 0 Å². The maximum atomic E-state index is 12.5. The van der Waals surface area contributed by atoms with Crippen LogP contribution in [-0.4, -0.2) is 56.4 Å². The fourth-order valence-corrected chi connectivity index (χ4v) is 3.50. The van der Waals surface area contributed by atoms with E-state index in [2.05, 4.69) is 0 Å². The Bertz CT molecular complexity index is 534. The third-order valence-electron chi connectivity index (χ3n) is 5.05. The van der Waals surface area contributed by atoms with Crippen molar-refractivity contribution in [2.75, 3.05) is 33.9 Å². The number of hydrogen-bond donors (Lipinski definition) is 0. The lowest BCUT2D eigenvalue weighted by molar-refractivity contribution is -0.135. The molecule has 0 bridgehead atoms. The van der Waals surface area contributed by atoms with Crippen LogP contribution in [0.5, 0.6) is 5.75 Å². The van der Waals surface area contributed by atoms with Gasteiger partial charge in [-0.25, -0.2) is 0 Å². The van der Waals surface area contributed by atoms with Gasteiger partial charge in [-0.15, -0.1) is 0 Å². The second kappa shape index (κ2) is 6.89. The van der Waals surface area contributed by atoms with Gasteiger partial charge in [0.25, 0.3) is 0 Å². The Hall–Kier alpha value is -1.59. The first-order valence-corrected chi connectivity index (χ1v) is 8.21. The summed E-state index contributed by atoms with van der Waals surface area (Å²) in [6.45, 7) is 2.22. The molecule has 2 aliphatic heterocycles. The van der Waals surface area contributed by atoms with Crippen LogP contribution in [0, 0.1) is 0 Å². The Morgan fingerprint density at radius 3 is 2.52 bits per heavy atom. The van der Waals surface area contributed by atoms with Crippen LogP contribution in [0.25, 0.3) is 0 Å². The first-order chi connectivity index (χ1) is 11.1. The lowest BCUT2D eigenvalue weighted by Gasteiger charge is -2.38. The van der Waals surface area contributed by atoms with Gasteiger partial charge in [0.1, 0.15) is 5.75 Å². The van der Waals surface area contributed by atoms with Gasteiger partial charge in [-0.3, -0.25) is 4.79 Å². The summed E-state index contributed by atoms with van der Waals surface area (Å²) >= 11 is 0. The summed E-state index contributed by atoms with van der Waals surface area (Å²) in [7, 11) is 3.38. The van der Waals surface area contributed by atoms with E-state index >= 15 is 0 Å². The van der Waals surface area contributed by atoms with E-state index in [1.165, 1.54) is 0 Å². The van der Waals surface area contributed by atoms with Gasteiger partial charge in [0.15, 0.2) is 0 Å². The van der Waals surface area contributed by atoms with Gasteiger partial charge in [0.05, 0.1) is 31.8 Å². The van der Waals surface area contributed by atoms with Crippen LogP contribution >= 0.6 is 0 Å². The number of carbonyl (C=O) groups is 1. The molecule has 1 aromatic rings. The number of piperidine rings is 1. The smallest absolute Gasteiger partial charge is 0.226 e. The minimum Gasteiger partial charge on any atom is -0.497 e. The molecule has 0 saturated carbocycles. The van der Waals surface area contributed by atoms with Crippen molar-refractivity contribution in [3.63, 3.8) is 0 Å². The number of likely N-dealkylation sites (tertiary alicyclic amines) is 1. The molecule has 2 saturated heterocycles. The molecule has 2 aliphatic rings. The minimum absolute atomic E-state index is 0.0719. The van der Waals surface area contributed by atoms with Crippen molar-refractivity contribution in [1.82, 2.24) is 4.90 Å². The minimum atomic E-state index is -0.0719. The highest BCUT2D eigenvalue weighted by Gasteiger charge is 2.43. The SMILES string of the molecule is COc1ccc(CC(=O)N2CCC3(CC2)C[C@@H](OC)CO3)cc1. The number of amides is 1. The molecule has 1 aromatic carbocycles. The maximum Gasteiger partial charge on any atom is 0.226 e. The number of carbonyl (C=O) groups excluding carboxylic acids is 1. The lowest BCUT2D eigenvalue weighted by atomic mass is 9.88. The van der Waals surface area contributed by atoms with E-state index in [-0.39, 0.29) is 17.6 Å². The summed E-state index contributed by atoms with van der Waals surface area (Å²) in [5, 5.41) is 0. The van der Waals surface area contributed by atoms with E-state index in [1.54, 1.807) is 14.2 Å². The molecule has 23 heavy (non-hydrogen) atoms. The highest BCUT2D eigenvalue weighted by atomic mass is 16.6. The van der Waals surface area contributed by atoms with E-state index in [9.17, 15) is 4.79 Å². The van der Waals surface area contributed by atoms with Crippen molar-refractivity contribution < 1.29 is 19.0 Å². The monoisotopic (exact) mass is 319 g/mol. The zero-order chi connectivity index (χ0) is 16.3. The van der Waals surface area contributed by atoms with Crippen LogP contribution < -0.4 is 4.74 Å². The molecule has 0 aromatic heterocycles. The topological polar surface area (TPSA) is 48.0 Å². The summed E-state index contributed by atoms with van der Waals surface area (Å²) in [4.78, 5) is 14.4. The molecule has 3 rings (SSSR count). The highest BCUT2D eigenvalue weighted by molar-refractivity contribution is 5.79. The Balaban J connectivity index is 1.52. The van der Waals surface area contributed by atoms with Crippen molar-refractivity contribution in [2.45, 2.75) is 37.4 Å².